The van der Waals surface area contributed by atoms with Crippen LogP contribution in [-0.2, 0) is 0 Å². The van der Waals surface area contributed by atoms with Gasteiger partial charge in [0.2, 0.25) is 0 Å². The molecule has 60 valence electrons. The lowest BCUT2D eigenvalue weighted by Gasteiger charge is -1.89. The second-order valence-electron chi connectivity index (χ2n) is 2.21. The van der Waals surface area contributed by atoms with E-state index in [2.05, 4.69) is 9.97 Å². The molecular weight excluding hydrogens is 176 g/mol. The Morgan fingerprint density at radius 2 is 2.42 bits per heavy atom. The average Bonchev–Trinajstić information content (AvgIpc) is 2.52. The average molecular weight is 180 g/mol. The van der Waals surface area contributed by atoms with Crippen molar-refractivity contribution < 1.29 is 4.79 Å². The molecule has 0 bridgehead atoms. The monoisotopic (exact) mass is 180 g/mol. The van der Waals surface area contributed by atoms with E-state index in [1.807, 2.05) is 0 Å². The Bertz CT molecular complexity index is 485. The number of thiophene rings is 1. The van der Waals surface area contributed by atoms with Gasteiger partial charge < -0.3 is 4.98 Å². The minimum absolute atomic E-state index is 0.0787. The summed E-state index contributed by atoms with van der Waals surface area (Å²) in [5.74, 6) is 0.0787. The molecule has 2 aromatic heterocycles. The van der Waals surface area contributed by atoms with Gasteiger partial charge in [-0.1, -0.05) is 0 Å². The van der Waals surface area contributed by atoms with E-state index in [1.54, 1.807) is 11.4 Å². The van der Waals surface area contributed by atoms with Crippen LogP contribution < -0.4 is 5.56 Å². The molecule has 0 atom stereocenters. The summed E-state index contributed by atoms with van der Waals surface area (Å²) in [5.41, 5.74) is -0.261. The highest BCUT2D eigenvalue weighted by Gasteiger charge is 2.02. The van der Waals surface area contributed by atoms with Gasteiger partial charge >= 0.3 is 0 Å². The molecule has 0 saturated heterocycles. The molecule has 2 aromatic rings. The van der Waals surface area contributed by atoms with Crippen molar-refractivity contribution in [2.24, 2.45) is 0 Å². The van der Waals surface area contributed by atoms with Crippen LogP contribution in [0.15, 0.2) is 16.2 Å². The number of hydrogen-bond donors (Lipinski definition) is 1. The summed E-state index contributed by atoms with van der Waals surface area (Å²) in [6.45, 7) is 0. The van der Waals surface area contributed by atoms with E-state index >= 15 is 0 Å². The maximum absolute atomic E-state index is 11.2. The number of aromatic amines is 1. The first-order valence-electron chi connectivity index (χ1n) is 3.24. The van der Waals surface area contributed by atoms with E-state index in [4.69, 9.17) is 0 Å². The molecule has 0 aromatic carbocycles. The number of hydrogen-bond acceptors (Lipinski definition) is 4. The summed E-state index contributed by atoms with van der Waals surface area (Å²) in [4.78, 5) is 28.3. The number of carbonyl (C=O) groups excluding carboxylic acids is 1. The Labute approximate surface area is 70.9 Å². The molecule has 12 heavy (non-hydrogen) atoms. The Kier molecular flexibility index (Phi) is 1.51. The fraction of sp³-hybridized carbons (Fsp3) is 0. The van der Waals surface area contributed by atoms with Crippen molar-refractivity contribution in [2.45, 2.75) is 0 Å². The first kappa shape index (κ1) is 7.17. The van der Waals surface area contributed by atoms with Gasteiger partial charge in [-0.25, -0.2) is 4.98 Å². The second-order valence-corrected chi connectivity index (χ2v) is 3.10. The quantitative estimate of drug-likeness (QED) is 0.660. The van der Waals surface area contributed by atoms with E-state index in [9.17, 15) is 9.59 Å². The fourth-order valence-electron chi connectivity index (χ4n) is 0.937. The molecule has 2 rings (SSSR count). The van der Waals surface area contributed by atoms with Crippen molar-refractivity contribution in [1.82, 2.24) is 9.97 Å². The number of rotatable bonds is 1. The molecule has 0 radical (unpaired) electrons. The van der Waals surface area contributed by atoms with Gasteiger partial charge in [0, 0.05) is 0 Å². The molecule has 0 saturated carbocycles. The molecule has 0 spiro atoms. The van der Waals surface area contributed by atoms with Gasteiger partial charge in [-0.05, 0) is 11.4 Å². The zero-order valence-electron chi connectivity index (χ0n) is 5.90. The topological polar surface area (TPSA) is 62.8 Å². The molecule has 4 nitrogen and oxygen atoms in total. The Morgan fingerprint density at radius 1 is 1.58 bits per heavy atom. The van der Waals surface area contributed by atoms with E-state index in [0.29, 0.717) is 16.5 Å². The highest BCUT2D eigenvalue weighted by atomic mass is 32.1. The summed E-state index contributed by atoms with van der Waals surface area (Å²) < 4.78 is 0. The number of carbonyl (C=O) groups is 1. The van der Waals surface area contributed by atoms with Gasteiger partial charge in [-0.15, -0.1) is 11.3 Å². The molecule has 1 N–H and O–H groups in total. The van der Waals surface area contributed by atoms with Crippen LogP contribution in [0.25, 0.3) is 10.2 Å². The molecule has 2 heterocycles. The van der Waals surface area contributed by atoms with Crippen molar-refractivity contribution in [2.75, 3.05) is 0 Å². The zero-order chi connectivity index (χ0) is 8.55. The van der Waals surface area contributed by atoms with Crippen LogP contribution in [0.5, 0.6) is 0 Å². The molecule has 0 amide bonds. The van der Waals surface area contributed by atoms with Crippen molar-refractivity contribution in [3.05, 3.63) is 27.6 Å². The molecule has 5 heteroatoms. The molecule has 0 aliphatic rings. The Hall–Kier alpha value is -1.49. The lowest BCUT2D eigenvalue weighted by Crippen LogP contribution is -2.09. The largest absolute Gasteiger partial charge is 0.304 e. The SMILES string of the molecule is O=Cc1nc2sccc2c(=O)[nH]1. The Morgan fingerprint density at radius 3 is 3.17 bits per heavy atom. The van der Waals surface area contributed by atoms with E-state index < -0.39 is 0 Å². The van der Waals surface area contributed by atoms with E-state index in [-0.39, 0.29) is 11.4 Å². The van der Waals surface area contributed by atoms with E-state index in [0.717, 1.165) is 0 Å². The number of aromatic nitrogens is 2. The number of H-pyrrole nitrogens is 1. The fourth-order valence-corrected chi connectivity index (χ4v) is 1.71. The normalized spacial score (nSPS) is 10.3. The van der Waals surface area contributed by atoms with Gasteiger partial charge in [0.1, 0.15) is 4.83 Å². The Balaban J connectivity index is 2.93. The first-order chi connectivity index (χ1) is 5.81. The summed E-state index contributed by atoms with van der Waals surface area (Å²) in [7, 11) is 0. The third kappa shape index (κ3) is 0.947. The number of nitrogens with one attached hydrogen (secondary N) is 1. The summed E-state index contributed by atoms with van der Waals surface area (Å²) in [6.07, 6.45) is 0.528. The van der Waals surface area contributed by atoms with Crippen LogP contribution in [-0.4, -0.2) is 16.3 Å². The van der Waals surface area contributed by atoms with Crippen LogP contribution in [0.4, 0.5) is 0 Å². The maximum Gasteiger partial charge on any atom is 0.259 e. The van der Waals surface area contributed by atoms with E-state index in [1.165, 1.54) is 11.3 Å². The van der Waals surface area contributed by atoms with Crippen LogP contribution >= 0.6 is 11.3 Å². The third-order valence-electron chi connectivity index (χ3n) is 1.46. The van der Waals surface area contributed by atoms with Crippen molar-refractivity contribution in [1.29, 1.82) is 0 Å². The van der Waals surface area contributed by atoms with Crippen molar-refractivity contribution >= 4 is 27.8 Å². The van der Waals surface area contributed by atoms with Crippen LogP contribution in [0, 0.1) is 0 Å². The second kappa shape index (κ2) is 2.53. The molecule has 0 aliphatic heterocycles. The van der Waals surface area contributed by atoms with Gasteiger partial charge in [0.15, 0.2) is 12.1 Å². The van der Waals surface area contributed by atoms with Gasteiger partial charge in [0.05, 0.1) is 5.39 Å². The summed E-state index contributed by atoms with van der Waals surface area (Å²) in [5, 5.41) is 2.30. The summed E-state index contributed by atoms with van der Waals surface area (Å²) >= 11 is 1.34. The van der Waals surface area contributed by atoms with Crippen LogP contribution in [0.2, 0.25) is 0 Å². The molecule has 0 unspecified atom stereocenters. The lowest BCUT2D eigenvalue weighted by molar-refractivity contribution is 0.111. The number of fused-ring (bicyclic) bond motifs is 1. The predicted molar refractivity (Wildman–Crippen MR) is 45.6 cm³/mol. The van der Waals surface area contributed by atoms with Crippen LogP contribution in [0.1, 0.15) is 10.6 Å². The first-order valence-corrected chi connectivity index (χ1v) is 4.12. The smallest absolute Gasteiger partial charge is 0.259 e. The highest BCUT2D eigenvalue weighted by Crippen LogP contribution is 2.13. The van der Waals surface area contributed by atoms with Crippen LogP contribution in [0.3, 0.4) is 0 Å². The minimum atomic E-state index is -0.261. The maximum atomic E-state index is 11.2. The zero-order valence-corrected chi connectivity index (χ0v) is 6.72. The third-order valence-corrected chi connectivity index (χ3v) is 2.27. The molecule has 0 fully saturated rings. The number of aldehydes is 1. The summed E-state index contributed by atoms with van der Waals surface area (Å²) in [6, 6.07) is 1.68. The molecular formula is C7H4N2O2S. The van der Waals surface area contributed by atoms with Gasteiger partial charge in [0.25, 0.3) is 5.56 Å². The number of nitrogens with zero attached hydrogens (tertiary/aromatic N) is 1. The van der Waals surface area contributed by atoms with Crippen molar-refractivity contribution in [3.8, 4) is 0 Å². The lowest BCUT2D eigenvalue weighted by atomic mass is 10.4. The van der Waals surface area contributed by atoms with Gasteiger partial charge in [-0.2, -0.15) is 0 Å². The molecule has 0 aliphatic carbocycles. The highest BCUT2D eigenvalue weighted by molar-refractivity contribution is 7.16. The van der Waals surface area contributed by atoms with Gasteiger partial charge in [-0.3, -0.25) is 9.59 Å². The minimum Gasteiger partial charge on any atom is -0.304 e. The predicted octanol–water partition coefficient (Wildman–Crippen LogP) is 0.797. The standard InChI is InChI=1S/C7H4N2O2S/c10-3-5-8-6(11)4-1-2-12-7(4)9-5/h1-3H,(H,8,9,11). The van der Waals surface area contributed by atoms with Crippen molar-refractivity contribution in [3.63, 3.8) is 0 Å².